The largest absolute Gasteiger partial charge is 0.417 e. The topological polar surface area (TPSA) is 71.8 Å². The van der Waals surface area contributed by atoms with Gasteiger partial charge < -0.3 is 10.3 Å². The molecule has 1 aromatic heterocycles. The molecule has 0 saturated carbocycles. The number of nitrogens with two attached hydrogens (primary N) is 1. The molecular weight excluding hydrogens is 343 g/mol. The van der Waals surface area contributed by atoms with Gasteiger partial charge in [-0.1, -0.05) is 18.2 Å². The molecule has 0 radical (unpaired) electrons. The number of rotatable bonds is 3. The van der Waals surface area contributed by atoms with Gasteiger partial charge in [-0.3, -0.25) is 4.79 Å². The molecule has 0 atom stereocenters. The van der Waals surface area contributed by atoms with Gasteiger partial charge in [-0.25, -0.2) is 0 Å². The smallest absolute Gasteiger partial charge is 0.366 e. The van der Waals surface area contributed by atoms with E-state index < -0.39 is 17.6 Å². The van der Waals surface area contributed by atoms with Gasteiger partial charge in [-0.15, -0.1) is 0 Å². The summed E-state index contributed by atoms with van der Waals surface area (Å²) in [6, 6.07) is 13.2. The van der Waals surface area contributed by atoms with Crippen LogP contribution >= 0.6 is 0 Å². The van der Waals surface area contributed by atoms with Crippen LogP contribution in [-0.4, -0.2) is 10.5 Å². The van der Waals surface area contributed by atoms with E-state index in [1.54, 1.807) is 12.1 Å². The SMILES string of the molecule is N#Cc1cn(-c2ccc(C(N)=O)cc2)cc1-c1ccccc1C(F)(F)F. The molecule has 0 bridgehead atoms. The van der Waals surface area contributed by atoms with E-state index in [0.717, 1.165) is 6.07 Å². The number of halogens is 3. The zero-order chi connectivity index (χ0) is 18.9. The van der Waals surface area contributed by atoms with Crippen LogP contribution < -0.4 is 5.73 Å². The van der Waals surface area contributed by atoms with E-state index in [2.05, 4.69) is 0 Å². The van der Waals surface area contributed by atoms with Gasteiger partial charge in [0.2, 0.25) is 5.91 Å². The van der Waals surface area contributed by atoms with Crippen molar-refractivity contribution in [3.8, 4) is 22.9 Å². The van der Waals surface area contributed by atoms with Crippen LogP contribution in [0.5, 0.6) is 0 Å². The number of primary amides is 1. The highest BCUT2D eigenvalue weighted by molar-refractivity contribution is 5.92. The predicted octanol–water partition coefficient (Wildman–Crippen LogP) is 4.13. The molecule has 0 saturated heterocycles. The Morgan fingerprint density at radius 2 is 1.65 bits per heavy atom. The van der Waals surface area contributed by atoms with Crippen molar-refractivity contribution in [2.75, 3.05) is 0 Å². The molecule has 1 amide bonds. The minimum Gasteiger partial charge on any atom is -0.366 e. The normalized spacial score (nSPS) is 11.2. The molecule has 2 N–H and O–H groups in total. The van der Waals surface area contributed by atoms with E-state index in [1.165, 1.54) is 47.3 Å². The zero-order valence-corrected chi connectivity index (χ0v) is 13.3. The number of aromatic nitrogens is 1. The summed E-state index contributed by atoms with van der Waals surface area (Å²) in [5.41, 5.74) is 5.50. The summed E-state index contributed by atoms with van der Waals surface area (Å²) in [5.74, 6) is -0.582. The lowest BCUT2D eigenvalue weighted by Crippen LogP contribution is -2.10. The molecule has 7 heteroatoms. The Morgan fingerprint density at radius 1 is 1.00 bits per heavy atom. The van der Waals surface area contributed by atoms with Gasteiger partial charge in [0.15, 0.2) is 0 Å². The fourth-order valence-electron chi connectivity index (χ4n) is 2.67. The predicted molar refractivity (Wildman–Crippen MR) is 89.4 cm³/mol. The highest BCUT2D eigenvalue weighted by Crippen LogP contribution is 2.38. The first-order valence-corrected chi connectivity index (χ1v) is 7.50. The van der Waals surface area contributed by atoms with Crippen molar-refractivity contribution in [1.29, 1.82) is 5.26 Å². The molecule has 0 aliphatic heterocycles. The number of alkyl halides is 3. The molecule has 2 aromatic carbocycles. The monoisotopic (exact) mass is 355 g/mol. The van der Waals surface area contributed by atoms with Crippen molar-refractivity contribution in [1.82, 2.24) is 4.57 Å². The van der Waals surface area contributed by atoms with E-state index in [1.807, 2.05) is 6.07 Å². The average Bonchev–Trinajstić information content (AvgIpc) is 3.05. The maximum atomic E-state index is 13.3. The number of nitriles is 1. The lowest BCUT2D eigenvalue weighted by molar-refractivity contribution is -0.137. The Kier molecular flexibility index (Phi) is 4.26. The van der Waals surface area contributed by atoms with Crippen LogP contribution in [0, 0.1) is 11.3 Å². The minimum atomic E-state index is -4.53. The van der Waals surface area contributed by atoms with Crippen LogP contribution in [0.3, 0.4) is 0 Å². The van der Waals surface area contributed by atoms with Crippen molar-refractivity contribution in [2.24, 2.45) is 5.73 Å². The van der Waals surface area contributed by atoms with E-state index in [-0.39, 0.29) is 16.7 Å². The Labute approximate surface area is 146 Å². The molecule has 0 unspecified atom stereocenters. The summed E-state index contributed by atoms with van der Waals surface area (Å²) in [6.45, 7) is 0. The second-order valence-electron chi connectivity index (χ2n) is 5.56. The molecule has 3 rings (SSSR count). The van der Waals surface area contributed by atoms with Gasteiger partial charge in [0.1, 0.15) is 6.07 Å². The number of hydrogen-bond acceptors (Lipinski definition) is 2. The summed E-state index contributed by atoms with van der Waals surface area (Å²) >= 11 is 0. The molecule has 0 aliphatic carbocycles. The lowest BCUT2D eigenvalue weighted by atomic mass is 9.99. The third-order valence-electron chi connectivity index (χ3n) is 3.92. The van der Waals surface area contributed by atoms with Gasteiger partial charge in [0.05, 0.1) is 11.1 Å². The summed E-state index contributed by atoms with van der Waals surface area (Å²) < 4.78 is 41.4. The van der Waals surface area contributed by atoms with Crippen LogP contribution in [0.1, 0.15) is 21.5 Å². The number of amides is 1. The van der Waals surface area contributed by atoms with Crippen LogP contribution in [0.15, 0.2) is 60.9 Å². The van der Waals surface area contributed by atoms with E-state index >= 15 is 0 Å². The van der Waals surface area contributed by atoms with Crippen molar-refractivity contribution >= 4 is 5.91 Å². The summed E-state index contributed by atoms with van der Waals surface area (Å²) in [6.07, 6.45) is -1.63. The zero-order valence-electron chi connectivity index (χ0n) is 13.3. The van der Waals surface area contributed by atoms with Gasteiger partial charge in [0, 0.05) is 29.2 Å². The standard InChI is InChI=1S/C19H12F3N3O/c20-19(21,22)17-4-2-1-3-15(17)16-11-25(10-13(16)9-23)14-7-5-12(6-8-14)18(24)26/h1-8,10-11H,(H2,24,26). The van der Waals surface area contributed by atoms with Gasteiger partial charge in [-0.2, -0.15) is 18.4 Å². The molecular formula is C19H12F3N3O. The molecule has 26 heavy (non-hydrogen) atoms. The Hall–Kier alpha value is -3.53. The lowest BCUT2D eigenvalue weighted by Gasteiger charge is -2.12. The second kappa shape index (κ2) is 6.41. The quantitative estimate of drug-likeness (QED) is 0.767. The van der Waals surface area contributed by atoms with E-state index in [0.29, 0.717) is 11.3 Å². The van der Waals surface area contributed by atoms with Crippen molar-refractivity contribution in [3.05, 3.63) is 77.6 Å². The van der Waals surface area contributed by atoms with Crippen molar-refractivity contribution < 1.29 is 18.0 Å². The average molecular weight is 355 g/mol. The molecule has 3 aromatic rings. The van der Waals surface area contributed by atoms with Gasteiger partial charge in [-0.05, 0) is 35.9 Å². The number of nitrogens with zero attached hydrogens (tertiary/aromatic N) is 2. The third-order valence-corrected chi connectivity index (χ3v) is 3.92. The van der Waals surface area contributed by atoms with Crippen LogP contribution in [0.25, 0.3) is 16.8 Å². The first-order valence-electron chi connectivity index (χ1n) is 7.50. The number of hydrogen-bond donors (Lipinski definition) is 1. The van der Waals surface area contributed by atoms with Gasteiger partial charge in [0.25, 0.3) is 0 Å². The summed E-state index contributed by atoms with van der Waals surface area (Å²) in [7, 11) is 0. The Morgan fingerprint density at radius 3 is 2.23 bits per heavy atom. The number of carbonyl (C=O) groups excluding carboxylic acids is 1. The van der Waals surface area contributed by atoms with E-state index in [9.17, 15) is 23.2 Å². The molecule has 4 nitrogen and oxygen atoms in total. The molecule has 0 aliphatic rings. The van der Waals surface area contributed by atoms with Crippen molar-refractivity contribution in [2.45, 2.75) is 6.18 Å². The minimum absolute atomic E-state index is 0.0657. The fourth-order valence-corrected chi connectivity index (χ4v) is 2.67. The first kappa shape index (κ1) is 17.3. The summed E-state index contributed by atoms with van der Waals surface area (Å²) in [4.78, 5) is 11.1. The van der Waals surface area contributed by atoms with Crippen LogP contribution in [-0.2, 0) is 6.18 Å². The second-order valence-corrected chi connectivity index (χ2v) is 5.56. The third kappa shape index (κ3) is 3.17. The molecule has 0 fully saturated rings. The number of carbonyl (C=O) groups is 1. The highest BCUT2D eigenvalue weighted by Gasteiger charge is 2.34. The summed E-state index contributed by atoms with van der Waals surface area (Å²) in [5, 5.41) is 9.34. The maximum absolute atomic E-state index is 13.3. The maximum Gasteiger partial charge on any atom is 0.417 e. The van der Waals surface area contributed by atoms with E-state index in [4.69, 9.17) is 5.73 Å². The highest BCUT2D eigenvalue weighted by atomic mass is 19.4. The first-order chi connectivity index (χ1) is 12.3. The Bertz CT molecular complexity index is 1010. The van der Waals surface area contributed by atoms with Crippen molar-refractivity contribution in [3.63, 3.8) is 0 Å². The Balaban J connectivity index is 2.12. The molecule has 1 heterocycles. The van der Waals surface area contributed by atoms with Crippen LogP contribution in [0.4, 0.5) is 13.2 Å². The molecule has 0 spiro atoms. The number of benzene rings is 2. The molecule has 130 valence electrons. The fraction of sp³-hybridized carbons (Fsp3) is 0.0526. The van der Waals surface area contributed by atoms with Gasteiger partial charge >= 0.3 is 6.18 Å². The van der Waals surface area contributed by atoms with Crippen LogP contribution in [0.2, 0.25) is 0 Å².